The van der Waals surface area contributed by atoms with Crippen LogP contribution >= 0.6 is 0 Å². The number of nitrogens with zero attached hydrogens (tertiary/aromatic N) is 5. The smallest absolute Gasteiger partial charge is 0.339 e. The third-order valence-corrected chi connectivity index (χ3v) is 8.23. The van der Waals surface area contributed by atoms with Crippen molar-refractivity contribution in [2.75, 3.05) is 39.1 Å². The van der Waals surface area contributed by atoms with Crippen molar-refractivity contribution in [3.05, 3.63) is 125 Å². The highest BCUT2D eigenvalue weighted by molar-refractivity contribution is 6.05. The van der Waals surface area contributed by atoms with Gasteiger partial charge in [-0.3, -0.25) is 19.3 Å². The zero-order valence-electron chi connectivity index (χ0n) is 27.5. The fraction of sp³-hybridized carbons (Fsp3) is 0.278. The molecule has 0 radical (unpaired) electrons. The molecule has 1 aliphatic heterocycles. The maximum Gasteiger partial charge on any atom is 0.416 e. The predicted molar refractivity (Wildman–Crippen MR) is 177 cm³/mol. The number of likely N-dealkylation sites (N-methyl/N-ethyl adjacent to an activating group) is 3. The van der Waals surface area contributed by atoms with Crippen molar-refractivity contribution >= 4 is 23.5 Å². The highest BCUT2D eigenvalue weighted by Crippen LogP contribution is 2.44. The van der Waals surface area contributed by atoms with Gasteiger partial charge >= 0.3 is 6.18 Å². The first-order valence-electron chi connectivity index (χ1n) is 15.5. The Kier molecular flexibility index (Phi) is 10.0. The van der Waals surface area contributed by atoms with Crippen molar-refractivity contribution < 1.29 is 31.9 Å². The summed E-state index contributed by atoms with van der Waals surface area (Å²) in [6.45, 7) is 6.12. The van der Waals surface area contributed by atoms with Crippen LogP contribution in [0.4, 0.5) is 23.4 Å². The zero-order chi connectivity index (χ0) is 35.6. The topological polar surface area (TPSA) is 90.8 Å². The number of aromatic nitrogens is 2. The molecule has 0 fully saturated rings. The van der Waals surface area contributed by atoms with E-state index in [1.54, 1.807) is 42.9 Å². The lowest BCUT2D eigenvalue weighted by Gasteiger charge is -2.38. The van der Waals surface area contributed by atoms with Crippen LogP contribution < -0.4 is 10.2 Å². The molecular formula is C36H36F4N6O3. The molecule has 3 aromatic carbocycles. The number of alkyl halides is 3. The average molecular weight is 677 g/mol. The number of hydrogen-bond donors (Lipinski definition) is 1. The summed E-state index contributed by atoms with van der Waals surface area (Å²) in [4.78, 5) is 46.1. The summed E-state index contributed by atoms with van der Waals surface area (Å²) < 4.78 is 56.4. The van der Waals surface area contributed by atoms with Crippen LogP contribution in [0.15, 0.2) is 91.0 Å². The number of carbonyl (C=O) groups is 3. The molecule has 5 rings (SSSR count). The van der Waals surface area contributed by atoms with Gasteiger partial charge in [0.15, 0.2) is 0 Å². The van der Waals surface area contributed by atoms with Crippen LogP contribution in [0.5, 0.6) is 0 Å². The molecule has 9 nitrogen and oxygen atoms in total. The lowest BCUT2D eigenvalue weighted by atomic mass is 9.80. The summed E-state index contributed by atoms with van der Waals surface area (Å²) >= 11 is 0. The molecule has 0 saturated carbocycles. The Balaban J connectivity index is 1.69. The van der Waals surface area contributed by atoms with Gasteiger partial charge in [-0.1, -0.05) is 43.0 Å². The maximum atomic E-state index is 14.4. The minimum absolute atomic E-state index is 0.0226. The van der Waals surface area contributed by atoms with E-state index in [1.807, 2.05) is 25.1 Å². The Bertz CT molecular complexity index is 1870. The van der Waals surface area contributed by atoms with E-state index < -0.39 is 41.3 Å². The van der Waals surface area contributed by atoms with Gasteiger partial charge < -0.3 is 15.1 Å². The molecule has 1 aromatic heterocycles. The Morgan fingerprint density at radius 2 is 1.65 bits per heavy atom. The fourth-order valence-corrected chi connectivity index (χ4v) is 6.05. The molecule has 1 aliphatic rings. The van der Waals surface area contributed by atoms with E-state index in [0.29, 0.717) is 40.4 Å². The monoisotopic (exact) mass is 676 g/mol. The van der Waals surface area contributed by atoms with Gasteiger partial charge in [0.05, 0.1) is 23.5 Å². The number of nitrogens with one attached hydrogen (secondary N) is 1. The first kappa shape index (κ1) is 35.0. The molecule has 0 aliphatic carbocycles. The van der Waals surface area contributed by atoms with Gasteiger partial charge in [-0.25, -0.2) is 9.07 Å². The minimum atomic E-state index is -4.69. The molecule has 0 bridgehead atoms. The van der Waals surface area contributed by atoms with E-state index in [2.05, 4.69) is 11.9 Å². The molecule has 49 heavy (non-hydrogen) atoms. The number of hydrogen-bond acceptors (Lipinski definition) is 5. The molecule has 0 spiro atoms. The Hall–Kier alpha value is -5.30. The van der Waals surface area contributed by atoms with E-state index in [4.69, 9.17) is 5.10 Å². The molecule has 3 amide bonds. The van der Waals surface area contributed by atoms with Gasteiger partial charge in [-0.2, -0.15) is 18.3 Å². The van der Waals surface area contributed by atoms with Gasteiger partial charge in [-0.15, -0.1) is 0 Å². The predicted octanol–water partition coefficient (Wildman–Crippen LogP) is 5.40. The number of para-hydroxylation sites is 1. The highest BCUT2D eigenvalue weighted by atomic mass is 19.4. The van der Waals surface area contributed by atoms with E-state index in [9.17, 15) is 31.9 Å². The van der Waals surface area contributed by atoms with Crippen LogP contribution in [0.3, 0.4) is 0 Å². The second kappa shape index (κ2) is 14.0. The number of benzene rings is 3. The molecule has 2 heterocycles. The van der Waals surface area contributed by atoms with Crippen molar-refractivity contribution in [2.24, 2.45) is 0 Å². The Labute approximate surface area is 281 Å². The number of carbonyl (C=O) groups excluding carboxylic acids is 3. The van der Waals surface area contributed by atoms with Crippen LogP contribution in [0, 0.1) is 5.82 Å². The van der Waals surface area contributed by atoms with Crippen LogP contribution in [0.1, 0.15) is 45.6 Å². The minimum Gasteiger partial charge on any atom is -0.339 e. The first-order valence-corrected chi connectivity index (χ1v) is 15.5. The Morgan fingerprint density at radius 1 is 0.980 bits per heavy atom. The first-order chi connectivity index (χ1) is 23.2. The maximum absolute atomic E-state index is 14.4. The van der Waals surface area contributed by atoms with Crippen LogP contribution in [0.25, 0.3) is 5.69 Å². The largest absolute Gasteiger partial charge is 0.416 e. The van der Waals surface area contributed by atoms with Crippen LogP contribution in [-0.4, -0.2) is 77.6 Å². The van der Waals surface area contributed by atoms with Gasteiger partial charge in [-0.05, 0) is 69.0 Å². The second-order valence-electron chi connectivity index (χ2n) is 12.1. The van der Waals surface area contributed by atoms with Crippen molar-refractivity contribution in [2.45, 2.75) is 31.6 Å². The van der Waals surface area contributed by atoms with Gasteiger partial charge in [0.25, 0.3) is 17.7 Å². The zero-order valence-corrected chi connectivity index (χ0v) is 27.5. The molecule has 13 heteroatoms. The molecule has 1 N–H and O–H groups in total. The average Bonchev–Trinajstić information content (AvgIpc) is 3.43. The third-order valence-electron chi connectivity index (χ3n) is 8.23. The number of fused-ring (bicyclic) bond motifs is 1. The van der Waals surface area contributed by atoms with E-state index in [0.717, 1.165) is 18.2 Å². The third kappa shape index (κ3) is 7.26. The molecule has 256 valence electrons. The summed E-state index contributed by atoms with van der Waals surface area (Å²) in [5, 5.41) is 7.61. The molecular weight excluding hydrogens is 640 g/mol. The van der Waals surface area contributed by atoms with Gasteiger partial charge in [0, 0.05) is 42.8 Å². The lowest BCUT2D eigenvalue weighted by Crippen LogP contribution is -2.55. The van der Waals surface area contributed by atoms with E-state index in [-0.39, 0.29) is 24.6 Å². The summed E-state index contributed by atoms with van der Waals surface area (Å²) in [5.74, 6) is -2.89. The van der Waals surface area contributed by atoms with Crippen LogP contribution in [-0.2, 0) is 22.3 Å². The SMILES string of the molecule is C=C(CN(C)C)C(=O)N(C)Cc1nn(-c2ccccc2)c2c1[C@H](c1ccc(F)cc1)[C@H](NC(=O)c1cccc(C(F)(F)F)c1)C(=O)N2CC. The van der Waals surface area contributed by atoms with Crippen molar-refractivity contribution in [3.8, 4) is 5.69 Å². The number of anilines is 1. The molecule has 4 aromatic rings. The summed E-state index contributed by atoms with van der Waals surface area (Å²) in [6, 6.07) is 17.0. The van der Waals surface area contributed by atoms with E-state index in [1.165, 1.54) is 40.1 Å². The second-order valence-corrected chi connectivity index (χ2v) is 12.1. The highest BCUT2D eigenvalue weighted by Gasteiger charge is 2.46. The quantitative estimate of drug-likeness (QED) is 0.180. The fourth-order valence-electron chi connectivity index (χ4n) is 6.05. The van der Waals surface area contributed by atoms with Gasteiger partial charge in [0.2, 0.25) is 0 Å². The van der Waals surface area contributed by atoms with Crippen molar-refractivity contribution in [1.82, 2.24) is 24.9 Å². The van der Waals surface area contributed by atoms with Crippen molar-refractivity contribution in [1.29, 1.82) is 0 Å². The summed E-state index contributed by atoms with van der Waals surface area (Å²) in [6.07, 6.45) is -4.69. The van der Waals surface area contributed by atoms with Gasteiger partial charge in [0.1, 0.15) is 17.7 Å². The number of halogens is 4. The summed E-state index contributed by atoms with van der Waals surface area (Å²) in [5.41, 5.74) is 0.982. The van der Waals surface area contributed by atoms with Crippen LogP contribution in [0.2, 0.25) is 0 Å². The number of rotatable bonds is 10. The lowest BCUT2D eigenvalue weighted by molar-refractivity contribution is -0.137. The molecule has 0 unspecified atom stereocenters. The molecule has 0 saturated heterocycles. The normalized spacial score (nSPS) is 16.0. The Morgan fingerprint density at radius 3 is 2.27 bits per heavy atom. The standard InChI is InChI=1S/C36H36F4N6O3/c1-6-45-33-30(28(42-46(33)27-13-8-7-9-14-27)21-44(5)34(48)22(2)20-43(3)4)29(23-15-17-26(37)18-16-23)31(35(45)49)41-32(47)24-11-10-12-25(19-24)36(38,39)40/h7-19,29,31H,2,6,20-21H2,1,3-5H3,(H,41,47)/t29-,31-/m0/s1. The summed E-state index contributed by atoms with van der Waals surface area (Å²) in [7, 11) is 5.23. The molecule has 2 atom stereocenters. The number of amides is 3. The van der Waals surface area contributed by atoms with Crippen molar-refractivity contribution in [3.63, 3.8) is 0 Å². The van der Waals surface area contributed by atoms with E-state index >= 15 is 0 Å².